The van der Waals surface area contributed by atoms with Gasteiger partial charge < -0.3 is 4.74 Å². The molecule has 1 aliphatic carbocycles. The Morgan fingerprint density at radius 2 is 1.48 bits per heavy atom. The summed E-state index contributed by atoms with van der Waals surface area (Å²) in [6.07, 6.45) is 0.603. The fraction of sp³-hybridized carbons (Fsp3) is 0.440. The van der Waals surface area contributed by atoms with Crippen molar-refractivity contribution in [2.24, 2.45) is 11.3 Å². The van der Waals surface area contributed by atoms with Crippen molar-refractivity contribution in [2.45, 2.75) is 52.1 Å². The van der Waals surface area contributed by atoms with E-state index >= 15 is 0 Å². The number of Topliss-reactive ketones (excluding diaryl/α,β-unsaturated/α-hetero) is 1. The van der Waals surface area contributed by atoms with E-state index in [1.54, 1.807) is 13.8 Å². The molecular formula is C25H32O3Si. The Balaban J connectivity index is 2.13. The quantitative estimate of drug-likeness (QED) is 0.392. The summed E-state index contributed by atoms with van der Waals surface area (Å²) in [7, 11) is -2.31. The number of hydrogen-bond acceptors (Lipinski definition) is 3. The molecule has 3 rings (SSSR count). The Morgan fingerprint density at radius 3 is 1.86 bits per heavy atom. The first-order chi connectivity index (χ1) is 13.7. The van der Waals surface area contributed by atoms with Crippen molar-refractivity contribution in [3.63, 3.8) is 0 Å². The van der Waals surface area contributed by atoms with Crippen molar-refractivity contribution >= 4 is 30.2 Å². The van der Waals surface area contributed by atoms with Crippen LogP contribution in [0.15, 0.2) is 60.7 Å². The topological polar surface area (TPSA) is 43.4 Å². The summed E-state index contributed by atoms with van der Waals surface area (Å²) < 4.78 is 5.33. The second kappa shape index (κ2) is 7.90. The molecule has 154 valence electrons. The van der Waals surface area contributed by atoms with Crippen LogP contribution in [0.4, 0.5) is 0 Å². The maximum absolute atomic E-state index is 12.8. The molecule has 0 N–H and O–H groups in total. The van der Waals surface area contributed by atoms with E-state index in [0.717, 1.165) is 6.04 Å². The minimum absolute atomic E-state index is 0.00941. The summed E-state index contributed by atoms with van der Waals surface area (Å²) >= 11 is 0. The molecule has 0 saturated heterocycles. The molecule has 1 fully saturated rings. The molecule has 0 radical (unpaired) electrons. The zero-order valence-electron chi connectivity index (χ0n) is 18.2. The molecule has 3 nitrogen and oxygen atoms in total. The van der Waals surface area contributed by atoms with Crippen molar-refractivity contribution in [3.05, 3.63) is 60.7 Å². The van der Waals surface area contributed by atoms with Crippen LogP contribution in [0.3, 0.4) is 0 Å². The van der Waals surface area contributed by atoms with Crippen molar-refractivity contribution < 1.29 is 14.3 Å². The number of esters is 1. The molecule has 1 saturated carbocycles. The molecule has 4 heteroatoms. The predicted molar refractivity (Wildman–Crippen MR) is 120 cm³/mol. The second-order valence-corrected chi connectivity index (χ2v) is 14.1. The molecule has 2 unspecified atom stereocenters. The molecule has 0 aliphatic heterocycles. The highest BCUT2D eigenvalue weighted by Gasteiger charge is 2.67. The Morgan fingerprint density at radius 1 is 1.00 bits per heavy atom. The molecular weight excluding hydrogens is 376 g/mol. The van der Waals surface area contributed by atoms with Gasteiger partial charge in [0, 0.05) is 0 Å². The molecule has 0 aromatic heterocycles. The maximum atomic E-state index is 12.8. The van der Waals surface area contributed by atoms with Crippen molar-refractivity contribution in [2.75, 3.05) is 6.61 Å². The number of carbonyl (C=O) groups excluding carboxylic acids is 2. The molecule has 2 aromatic carbocycles. The van der Waals surface area contributed by atoms with E-state index in [4.69, 9.17) is 4.74 Å². The van der Waals surface area contributed by atoms with E-state index in [1.165, 1.54) is 10.4 Å². The third-order valence-corrected chi connectivity index (χ3v) is 13.0. The Hall–Kier alpha value is -2.20. The minimum Gasteiger partial charge on any atom is -0.465 e. The monoisotopic (exact) mass is 408 g/mol. The summed E-state index contributed by atoms with van der Waals surface area (Å²) in [6, 6.07) is 22.3. The summed E-state index contributed by atoms with van der Waals surface area (Å²) in [5, 5.41) is 2.72. The van der Waals surface area contributed by atoms with Crippen molar-refractivity contribution in [1.82, 2.24) is 0 Å². The molecule has 0 bridgehead atoms. The van der Waals surface area contributed by atoms with Gasteiger partial charge in [0.05, 0.1) is 6.61 Å². The lowest BCUT2D eigenvalue weighted by Gasteiger charge is -2.45. The van der Waals surface area contributed by atoms with Crippen LogP contribution in [0.2, 0.25) is 11.1 Å². The van der Waals surface area contributed by atoms with Crippen LogP contribution in [0.25, 0.3) is 0 Å². The van der Waals surface area contributed by atoms with Gasteiger partial charge in [-0.3, -0.25) is 9.59 Å². The van der Waals surface area contributed by atoms with E-state index in [2.05, 4.69) is 69.3 Å². The van der Waals surface area contributed by atoms with Crippen LogP contribution in [0, 0.1) is 11.3 Å². The average molecular weight is 409 g/mol. The fourth-order valence-corrected chi connectivity index (χ4v) is 11.0. The first kappa shape index (κ1) is 21.5. The van der Waals surface area contributed by atoms with Crippen molar-refractivity contribution in [3.8, 4) is 0 Å². The first-order valence-corrected chi connectivity index (χ1v) is 12.7. The van der Waals surface area contributed by atoms with Crippen LogP contribution >= 0.6 is 0 Å². The first-order valence-electron chi connectivity index (χ1n) is 10.5. The molecule has 0 amide bonds. The number of ketones is 1. The molecule has 29 heavy (non-hydrogen) atoms. The van der Waals surface area contributed by atoms with Gasteiger partial charge in [0.2, 0.25) is 0 Å². The lowest BCUT2D eigenvalue weighted by atomic mass is 10.00. The van der Waals surface area contributed by atoms with Crippen LogP contribution in [-0.4, -0.2) is 26.4 Å². The van der Waals surface area contributed by atoms with Gasteiger partial charge in [-0.1, -0.05) is 91.8 Å². The number of rotatable bonds is 7. The summed E-state index contributed by atoms with van der Waals surface area (Å²) in [4.78, 5) is 25.3. The van der Waals surface area contributed by atoms with Gasteiger partial charge in [0.15, 0.2) is 0 Å². The Bertz CT molecular complexity index is 830. The highest BCUT2D eigenvalue weighted by molar-refractivity contribution is 7.04. The van der Waals surface area contributed by atoms with E-state index in [0.29, 0.717) is 13.0 Å². The van der Waals surface area contributed by atoms with Gasteiger partial charge in [-0.25, -0.2) is 0 Å². The highest BCUT2D eigenvalue weighted by Crippen LogP contribution is 2.59. The third kappa shape index (κ3) is 3.59. The zero-order chi connectivity index (χ0) is 21.3. The van der Waals surface area contributed by atoms with Crippen LogP contribution in [0.1, 0.15) is 41.0 Å². The van der Waals surface area contributed by atoms with Gasteiger partial charge in [-0.15, -0.1) is 0 Å². The molecule has 0 heterocycles. The van der Waals surface area contributed by atoms with E-state index < -0.39 is 13.5 Å². The standard InChI is InChI=1S/C25H32O3Si/c1-6-28-23(27)25(19(2)26)17-20(25)18-29(24(3,4)5,21-13-9-7-10-14-21)22-15-11-8-12-16-22/h7-16,20H,6,17-18H2,1-5H3. The largest absolute Gasteiger partial charge is 0.465 e. The number of benzene rings is 2. The minimum atomic E-state index is -2.31. The Kier molecular flexibility index (Phi) is 5.86. The zero-order valence-corrected chi connectivity index (χ0v) is 19.2. The van der Waals surface area contributed by atoms with E-state index in [1.807, 2.05) is 12.1 Å². The van der Waals surface area contributed by atoms with Crippen LogP contribution in [-0.2, 0) is 14.3 Å². The smallest absolute Gasteiger partial charge is 0.319 e. The predicted octanol–water partition coefficient (Wildman–Crippen LogP) is 4.21. The third-order valence-electron chi connectivity index (χ3n) is 6.74. The molecule has 1 aliphatic rings. The van der Waals surface area contributed by atoms with Gasteiger partial charge >= 0.3 is 5.97 Å². The van der Waals surface area contributed by atoms with Crippen molar-refractivity contribution in [1.29, 1.82) is 0 Å². The lowest BCUT2D eigenvalue weighted by molar-refractivity contribution is -0.153. The Labute approximate surface area is 175 Å². The second-order valence-electron chi connectivity index (χ2n) is 9.24. The summed E-state index contributed by atoms with van der Waals surface area (Å²) in [5.74, 6) is -0.361. The SMILES string of the molecule is CCOC(=O)C1(C(C)=O)CC1C[Si](c1ccccc1)(c1ccccc1)C(C)(C)C. The normalized spacial score (nSPS) is 21.5. The van der Waals surface area contributed by atoms with Gasteiger partial charge in [-0.2, -0.15) is 0 Å². The summed E-state index contributed by atoms with van der Waals surface area (Å²) in [6.45, 7) is 10.6. The van der Waals surface area contributed by atoms with Crippen LogP contribution in [0.5, 0.6) is 0 Å². The summed E-state index contributed by atoms with van der Waals surface area (Å²) in [5.41, 5.74) is -0.955. The average Bonchev–Trinajstić information content (AvgIpc) is 3.42. The van der Waals surface area contributed by atoms with E-state index in [-0.39, 0.29) is 22.7 Å². The number of carbonyl (C=O) groups is 2. The number of ether oxygens (including phenoxy) is 1. The maximum Gasteiger partial charge on any atom is 0.319 e. The van der Waals surface area contributed by atoms with E-state index in [9.17, 15) is 9.59 Å². The molecule has 2 atom stereocenters. The van der Waals surface area contributed by atoms with Gasteiger partial charge in [-0.05, 0) is 37.3 Å². The highest BCUT2D eigenvalue weighted by atomic mass is 28.3. The van der Waals surface area contributed by atoms with Crippen LogP contribution < -0.4 is 10.4 Å². The number of hydrogen-bond donors (Lipinski definition) is 0. The molecule has 2 aromatic rings. The lowest BCUT2D eigenvalue weighted by Crippen LogP contribution is -2.64. The van der Waals surface area contributed by atoms with Gasteiger partial charge in [0.1, 0.15) is 19.3 Å². The van der Waals surface area contributed by atoms with Gasteiger partial charge in [0.25, 0.3) is 0 Å². The fourth-order valence-electron chi connectivity index (χ4n) is 5.05. The molecule has 0 spiro atoms.